The van der Waals surface area contributed by atoms with Crippen LogP contribution in [-0.4, -0.2) is 35.3 Å². The first kappa shape index (κ1) is 21.1. The highest BCUT2D eigenvalue weighted by molar-refractivity contribution is 6.30. The Bertz CT molecular complexity index is 1080. The first-order valence-electron chi connectivity index (χ1n) is 9.64. The summed E-state index contributed by atoms with van der Waals surface area (Å²) in [5.74, 6) is -3.85. The number of hydrogen-bond donors (Lipinski definition) is 3. The summed E-state index contributed by atoms with van der Waals surface area (Å²) in [6, 6.07) is 9.46. The molecule has 2 aromatic carbocycles. The van der Waals surface area contributed by atoms with Crippen LogP contribution in [0.15, 0.2) is 36.4 Å². The number of halogens is 2. The van der Waals surface area contributed by atoms with E-state index in [0.717, 1.165) is 5.56 Å². The van der Waals surface area contributed by atoms with Crippen LogP contribution in [0.4, 0.5) is 20.6 Å². The fourth-order valence-electron chi connectivity index (χ4n) is 3.60. The van der Waals surface area contributed by atoms with Gasteiger partial charge in [0.25, 0.3) is 11.7 Å². The molecule has 0 spiro atoms. The minimum atomic E-state index is -2.33. The molecule has 2 aliphatic heterocycles. The molecule has 0 aromatic heterocycles. The zero-order chi connectivity index (χ0) is 22.2. The molecular weight excluding hydrogens is 429 g/mol. The van der Waals surface area contributed by atoms with E-state index in [1.165, 1.54) is 23.1 Å². The van der Waals surface area contributed by atoms with Crippen molar-refractivity contribution in [3.63, 3.8) is 0 Å². The normalized spacial score (nSPS) is 20.3. The van der Waals surface area contributed by atoms with E-state index < -0.39 is 23.6 Å². The molecule has 0 radical (unpaired) electrons. The number of aliphatic hydroxyl groups is 1. The summed E-state index contributed by atoms with van der Waals surface area (Å²) in [7, 11) is 0. The number of nitrogens with one attached hydrogen (secondary N) is 2. The maximum absolute atomic E-state index is 13.9. The van der Waals surface area contributed by atoms with Crippen molar-refractivity contribution in [2.45, 2.75) is 31.6 Å². The fraction of sp³-hybridized carbons (Fsp3) is 0.286. The van der Waals surface area contributed by atoms with Gasteiger partial charge >= 0.3 is 6.09 Å². The number of nitrogens with zero attached hydrogens (tertiary/aromatic N) is 1. The van der Waals surface area contributed by atoms with Gasteiger partial charge in [-0.1, -0.05) is 23.7 Å². The number of benzene rings is 2. The van der Waals surface area contributed by atoms with E-state index in [2.05, 4.69) is 10.6 Å². The van der Waals surface area contributed by atoms with Gasteiger partial charge in [-0.25, -0.2) is 9.18 Å². The monoisotopic (exact) mass is 447 g/mol. The van der Waals surface area contributed by atoms with E-state index in [1.54, 1.807) is 18.2 Å². The van der Waals surface area contributed by atoms with Gasteiger partial charge in [-0.3, -0.25) is 9.59 Å². The minimum absolute atomic E-state index is 0.0658. The summed E-state index contributed by atoms with van der Waals surface area (Å²) in [4.78, 5) is 37.7. The number of rotatable bonds is 4. The predicted molar refractivity (Wildman–Crippen MR) is 110 cm³/mol. The van der Waals surface area contributed by atoms with Crippen LogP contribution in [0.5, 0.6) is 0 Å². The van der Waals surface area contributed by atoms with E-state index in [-0.39, 0.29) is 36.0 Å². The molecule has 1 saturated heterocycles. The Labute approximate surface area is 181 Å². The van der Waals surface area contributed by atoms with Gasteiger partial charge < -0.3 is 25.4 Å². The van der Waals surface area contributed by atoms with Crippen molar-refractivity contribution in [2.75, 3.05) is 16.8 Å². The van der Waals surface area contributed by atoms with Crippen molar-refractivity contribution in [2.24, 2.45) is 0 Å². The molecule has 0 aliphatic carbocycles. The van der Waals surface area contributed by atoms with Crippen molar-refractivity contribution >= 4 is 40.9 Å². The molecule has 1 fully saturated rings. The Kier molecular flexibility index (Phi) is 5.55. The number of anilines is 2. The number of carbonyl (C=O) groups excluding carboxylic acids is 3. The number of aryl methyl sites for hydroxylation is 1. The van der Waals surface area contributed by atoms with Crippen molar-refractivity contribution in [1.82, 2.24) is 5.32 Å². The molecule has 10 heteroatoms. The molecule has 1 atom stereocenters. The Morgan fingerprint density at radius 1 is 1.29 bits per heavy atom. The first-order valence-corrected chi connectivity index (χ1v) is 10.0. The largest absolute Gasteiger partial charge is 0.410 e. The Morgan fingerprint density at radius 2 is 2.10 bits per heavy atom. The average Bonchev–Trinajstić information content (AvgIpc) is 3.03. The van der Waals surface area contributed by atoms with Crippen LogP contribution in [0.2, 0.25) is 5.02 Å². The highest BCUT2D eigenvalue weighted by Gasteiger charge is 2.49. The molecular formula is C21H19ClFN3O5. The number of hydrogen-bond acceptors (Lipinski definition) is 5. The standard InChI is InChI=1S/C21H19ClFN3O5/c22-15-3-1-2-13(18(15)23)11-24-20(29)31-21(30)8-9-26(19(21)28)14-5-6-16-12(10-14)4-7-17(27)25-16/h1-3,5-6,10,30H,4,7-9,11H2,(H,24,29)(H,25,27)/t21-/m0/s1. The summed E-state index contributed by atoms with van der Waals surface area (Å²) in [5, 5.41) is 15.6. The molecule has 31 heavy (non-hydrogen) atoms. The summed E-state index contributed by atoms with van der Waals surface area (Å²) in [6.45, 7) is -0.0908. The van der Waals surface area contributed by atoms with Gasteiger partial charge in [-0.2, -0.15) is 0 Å². The first-order chi connectivity index (χ1) is 14.8. The average molecular weight is 448 g/mol. The number of ether oxygens (including phenoxy) is 1. The van der Waals surface area contributed by atoms with Crippen molar-refractivity contribution in [3.05, 3.63) is 58.4 Å². The van der Waals surface area contributed by atoms with Crippen LogP contribution >= 0.6 is 11.6 Å². The molecule has 2 aliphatic rings. The smallest absolute Gasteiger partial charge is 0.407 e. The van der Waals surface area contributed by atoms with Gasteiger partial charge in [0.15, 0.2) is 0 Å². The third-order valence-electron chi connectivity index (χ3n) is 5.27. The van der Waals surface area contributed by atoms with Crippen LogP contribution < -0.4 is 15.5 Å². The Balaban J connectivity index is 1.41. The van der Waals surface area contributed by atoms with Gasteiger partial charge in [0.2, 0.25) is 5.91 Å². The molecule has 0 saturated carbocycles. The zero-order valence-electron chi connectivity index (χ0n) is 16.3. The van der Waals surface area contributed by atoms with E-state index in [1.807, 2.05) is 0 Å². The van der Waals surface area contributed by atoms with E-state index >= 15 is 0 Å². The quantitative estimate of drug-likeness (QED) is 0.624. The second-order valence-corrected chi connectivity index (χ2v) is 7.74. The lowest BCUT2D eigenvalue weighted by Crippen LogP contribution is -2.46. The van der Waals surface area contributed by atoms with Crippen LogP contribution in [0.25, 0.3) is 0 Å². The molecule has 4 rings (SSSR count). The fourth-order valence-corrected chi connectivity index (χ4v) is 3.80. The lowest BCUT2D eigenvalue weighted by Gasteiger charge is -2.24. The van der Waals surface area contributed by atoms with Crippen LogP contribution in [0.3, 0.4) is 0 Å². The SMILES string of the molecule is O=C1CCc2cc(N3CC[C@](O)(OC(=O)NCc4cccc(Cl)c4F)C3=O)ccc2N1. The molecule has 162 valence electrons. The van der Waals surface area contributed by atoms with E-state index in [9.17, 15) is 23.9 Å². The maximum Gasteiger partial charge on any atom is 0.410 e. The van der Waals surface area contributed by atoms with Crippen LogP contribution in [0.1, 0.15) is 24.0 Å². The molecule has 0 bridgehead atoms. The lowest BCUT2D eigenvalue weighted by molar-refractivity contribution is -0.175. The summed E-state index contributed by atoms with van der Waals surface area (Å²) < 4.78 is 18.9. The summed E-state index contributed by atoms with van der Waals surface area (Å²) >= 11 is 5.70. The molecule has 2 heterocycles. The summed E-state index contributed by atoms with van der Waals surface area (Å²) in [5.41, 5.74) is 2.23. The van der Waals surface area contributed by atoms with Gasteiger partial charge in [0.1, 0.15) is 5.82 Å². The second-order valence-electron chi connectivity index (χ2n) is 7.34. The predicted octanol–water partition coefficient (Wildman–Crippen LogP) is 2.72. The van der Waals surface area contributed by atoms with Gasteiger partial charge in [-0.05, 0) is 36.2 Å². The van der Waals surface area contributed by atoms with Crippen LogP contribution in [0, 0.1) is 5.82 Å². The zero-order valence-corrected chi connectivity index (χ0v) is 17.0. The molecule has 2 aromatic rings. The number of alkyl carbamates (subject to hydrolysis) is 1. The van der Waals surface area contributed by atoms with Gasteiger partial charge in [0, 0.05) is 42.9 Å². The number of fused-ring (bicyclic) bond motifs is 1. The lowest BCUT2D eigenvalue weighted by atomic mass is 10.0. The number of amides is 3. The third-order valence-corrected chi connectivity index (χ3v) is 5.56. The highest BCUT2D eigenvalue weighted by atomic mass is 35.5. The molecule has 8 nitrogen and oxygen atoms in total. The topological polar surface area (TPSA) is 108 Å². The third kappa shape index (κ3) is 4.19. The van der Waals surface area contributed by atoms with Gasteiger partial charge in [0.05, 0.1) is 5.02 Å². The highest BCUT2D eigenvalue weighted by Crippen LogP contribution is 2.33. The Morgan fingerprint density at radius 3 is 2.90 bits per heavy atom. The summed E-state index contributed by atoms with van der Waals surface area (Å²) in [6.07, 6.45) is -0.297. The van der Waals surface area contributed by atoms with Crippen molar-refractivity contribution < 1.29 is 28.6 Å². The minimum Gasteiger partial charge on any atom is -0.407 e. The van der Waals surface area contributed by atoms with Gasteiger partial charge in [-0.15, -0.1) is 0 Å². The van der Waals surface area contributed by atoms with Crippen molar-refractivity contribution in [1.29, 1.82) is 0 Å². The maximum atomic E-state index is 13.9. The number of carbonyl (C=O) groups is 3. The van der Waals surface area contributed by atoms with Crippen molar-refractivity contribution in [3.8, 4) is 0 Å². The molecule has 3 N–H and O–H groups in total. The van der Waals surface area contributed by atoms with E-state index in [4.69, 9.17) is 16.3 Å². The molecule has 3 amide bonds. The van der Waals surface area contributed by atoms with Crippen LogP contribution in [-0.2, 0) is 27.3 Å². The Hall–Kier alpha value is -3.17. The second kappa shape index (κ2) is 8.16. The molecule has 0 unspecified atom stereocenters. The van der Waals surface area contributed by atoms with E-state index in [0.29, 0.717) is 24.2 Å².